The Labute approximate surface area is 151 Å². The van der Waals surface area contributed by atoms with Crippen molar-refractivity contribution in [3.63, 3.8) is 0 Å². The molecule has 25 heavy (non-hydrogen) atoms. The molecule has 0 aromatic heterocycles. The first-order valence-electron chi connectivity index (χ1n) is 9.07. The number of hydrogen-bond acceptors (Lipinski definition) is 2. The molecule has 0 bridgehead atoms. The van der Waals surface area contributed by atoms with Crippen LogP contribution in [-0.4, -0.2) is 18.1 Å². The van der Waals surface area contributed by atoms with Gasteiger partial charge in [0.05, 0.1) is 0 Å². The first-order valence-corrected chi connectivity index (χ1v) is 9.07. The number of ether oxygens (including phenoxy) is 1. The highest BCUT2D eigenvalue weighted by atomic mass is 16.5. The fraction of sp³-hybridized carbons (Fsp3) is 0.409. The zero-order valence-corrected chi connectivity index (χ0v) is 15.7. The third kappa shape index (κ3) is 5.93. The van der Waals surface area contributed by atoms with E-state index in [1.54, 1.807) is 0 Å². The molecule has 2 aromatic carbocycles. The Morgan fingerprint density at radius 3 is 2.48 bits per heavy atom. The van der Waals surface area contributed by atoms with Gasteiger partial charge in [-0.15, -0.1) is 0 Å². The van der Waals surface area contributed by atoms with Gasteiger partial charge in [-0.3, -0.25) is 4.79 Å². The van der Waals surface area contributed by atoms with Crippen LogP contribution in [0.25, 0.3) is 0 Å². The molecule has 2 aromatic rings. The Hall–Kier alpha value is -2.29. The Balaban J connectivity index is 1.88. The van der Waals surface area contributed by atoms with Gasteiger partial charge in [-0.2, -0.15) is 0 Å². The lowest BCUT2D eigenvalue weighted by Gasteiger charge is -2.21. The SMILES string of the molecule is CC[C@H](Oc1ccc(C)cc1C)C(=O)N[C@@H](C)CCc1ccccc1. The number of hydrogen-bond donors (Lipinski definition) is 1. The highest BCUT2D eigenvalue weighted by molar-refractivity contribution is 5.81. The lowest BCUT2D eigenvalue weighted by molar-refractivity contribution is -0.128. The average molecular weight is 339 g/mol. The summed E-state index contributed by atoms with van der Waals surface area (Å²) in [5, 5.41) is 3.09. The summed E-state index contributed by atoms with van der Waals surface area (Å²) in [7, 11) is 0. The van der Waals surface area contributed by atoms with Crippen LogP contribution < -0.4 is 10.1 Å². The van der Waals surface area contributed by atoms with Crippen LogP contribution in [0.15, 0.2) is 48.5 Å². The van der Waals surface area contributed by atoms with Crippen LogP contribution in [-0.2, 0) is 11.2 Å². The van der Waals surface area contributed by atoms with E-state index < -0.39 is 6.10 Å². The number of carbonyl (C=O) groups is 1. The molecule has 0 saturated carbocycles. The summed E-state index contributed by atoms with van der Waals surface area (Å²) < 4.78 is 5.96. The molecule has 3 nitrogen and oxygen atoms in total. The third-order valence-corrected chi connectivity index (χ3v) is 4.36. The first-order chi connectivity index (χ1) is 12.0. The molecule has 2 atom stereocenters. The van der Waals surface area contributed by atoms with Crippen LogP contribution in [0.3, 0.4) is 0 Å². The van der Waals surface area contributed by atoms with Gasteiger partial charge >= 0.3 is 0 Å². The van der Waals surface area contributed by atoms with E-state index in [2.05, 4.69) is 30.4 Å². The highest BCUT2D eigenvalue weighted by Gasteiger charge is 2.20. The third-order valence-electron chi connectivity index (χ3n) is 4.36. The molecule has 0 aliphatic carbocycles. The first kappa shape index (κ1) is 19.0. The molecule has 0 spiro atoms. The van der Waals surface area contributed by atoms with Gasteiger partial charge in [0.25, 0.3) is 5.91 Å². The molecule has 0 radical (unpaired) electrons. The van der Waals surface area contributed by atoms with Gasteiger partial charge in [0.2, 0.25) is 0 Å². The fourth-order valence-electron chi connectivity index (χ4n) is 2.84. The normalized spacial score (nSPS) is 13.1. The molecule has 0 aliphatic heterocycles. The van der Waals surface area contributed by atoms with Crippen molar-refractivity contribution in [3.05, 3.63) is 65.2 Å². The molecule has 0 aliphatic rings. The van der Waals surface area contributed by atoms with Crippen molar-refractivity contribution >= 4 is 5.91 Å². The van der Waals surface area contributed by atoms with E-state index in [0.717, 1.165) is 24.2 Å². The predicted octanol–water partition coefficient (Wildman–Crippen LogP) is 4.60. The van der Waals surface area contributed by atoms with Gasteiger partial charge in [0.1, 0.15) is 5.75 Å². The predicted molar refractivity (Wildman–Crippen MR) is 103 cm³/mol. The van der Waals surface area contributed by atoms with E-state index in [1.807, 2.05) is 51.1 Å². The minimum atomic E-state index is -0.458. The van der Waals surface area contributed by atoms with Crippen LogP contribution in [0.2, 0.25) is 0 Å². The van der Waals surface area contributed by atoms with Crippen LogP contribution >= 0.6 is 0 Å². The summed E-state index contributed by atoms with van der Waals surface area (Å²) in [6.45, 7) is 8.08. The van der Waals surface area contributed by atoms with Gasteiger partial charge in [0, 0.05) is 6.04 Å². The highest BCUT2D eigenvalue weighted by Crippen LogP contribution is 2.21. The number of amides is 1. The topological polar surface area (TPSA) is 38.3 Å². The lowest BCUT2D eigenvalue weighted by atomic mass is 10.1. The summed E-state index contributed by atoms with van der Waals surface area (Å²) in [5.41, 5.74) is 3.54. The maximum absolute atomic E-state index is 12.5. The lowest BCUT2D eigenvalue weighted by Crippen LogP contribution is -2.42. The second-order valence-electron chi connectivity index (χ2n) is 6.72. The second-order valence-corrected chi connectivity index (χ2v) is 6.72. The van der Waals surface area contributed by atoms with Gasteiger partial charge in [-0.1, -0.05) is 55.0 Å². The zero-order chi connectivity index (χ0) is 18.2. The molecular formula is C22H29NO2. The minimum absolute atomic E-state index is 0.0389. The molecule has 3 heteroatoms. The number of nitrogens with one attached hydrogen (secondary N) is 1. The van der Waals surface area contributed by atoms with Crippen molar-refractivity contribution in [2.24, 2.45) is 0 Å². The second kappa shape index (κ2) is 9.26. The summed E-state index contributed by atoms with van der Waals surface area (Å²) >= 11 is 0. The van der Waals surface area contributed by atoms with Gasteiger partial charge in [-0.25, -0.2) is 0 Å². The maximum Gasteiger partial charge on any atom is 0.261 e. The monoisotopic (exact) mass is 339 g/mol. The van der Waals surface area contributed by atoms with Crippen LogP contribution in [0.1, 0.15) is 43.4 Å². The molecular weight excluding hydrogens is 310 g/mol. The Morgan fingerprint density at radius 2 is 1.84 bits per heavy atom. The van der Waals surface area contributed by atoms with Gasteiger partial charge in [-0.05, 0) is 57.2 Å². The van der Waals surface area contributed by atoms with Crippen LogP contribution in [0, 0.1) is 13.8 Å². The van der Waals surface area contributed by atoms with Crippen molar-refractivity contribution in [2.45, 2.75) is 59.1 Å². The smallest absolute Gasteiger partial charge is 0.261 e. The van der Waals surface area contributed by atoms with Crippen LogP contribution in [0.4, 0.5) is 0 Å². The van der Waals surface area contributed by atoms with Crippen molar-refractivity contribution in [2.75, 3.05) is 0 Å². The van der Waals surface area contributed by atoms with Gasteiger partial charge in [0.15, 0.2) is 6.10 Å². The van der Waals surface area contributed by atoms with E-state index >= 15 is 0 Å². The van der Waals surface area contributed by atoms with Crippen LogP contribution in [0.5, 0.6) is 5.75 Å². The summed E-state index contributed by atoms with van der Waals surface area (Å²) in [5.74, 6) is 0.743. The molecule has 0 fully saturated rings. The molecule has 2 rings (SSSR count). The van der Waals surface area contributed by atoms with Crippen molar-refractivity contribution < 1.29 is 9.53 Å². The van der Waals surface area contributed by atoms with E-state index in [4.69, 9.17) is 4.74 Å². The number of aryl methyl sites for hydroxylation is 3. The largest absolute Gasteiger partial charge is 0.480 e. The maximum atomic E-state index is 12.5. The van der Waals surface area contributed by atoms with E-state index in [1.165, 1.54) is 11.1 Å². The molecule has 134 valence electrons. The Bertz CT molecular complexity index is 682. The molecule has 0 unspecified atom stereocenters. The van der Waals surface area contributed by atoms with Crippen molar-refractivity contribution in [1.82, 2.24) is 5.32 Å². The fourth-order valence-corrected chi connectivity index (χ4v) is 2.84. The molecule has 0 heterocycles. The molecule has 1 amide bonds. The summed E-state index contributed by atoms with van der Waals surface area (Å²) in [6.07, 6.45) is 2.05. The van der Waals surface area contributed by atoms with E-state index in [-0.39, 0.29) is 11.9 Å². The van der Waals surface area contributed by atoms with E-state index in [0.29, 0.717) is 6.42 Å². The number of benzene rings is 2. The Morgan fingerprint density at radius 1 is 1.12 bits per heavy atom. The average Bonchev–Trinajstić information content (AvgIpc) is 2.60. The quantitative estimate of drug-likeness (QED) is 0.763. The zero-order valence-electron chi connectivity index (χ0n) is 15.7. The van der Waals surface area contributed by atoms with Crippen molar-refractivity contribution in [3.8, 4) is 5.75 Å². The number of rotatable bonds is 8. The molecule has 1 N–H and O–H groups in total. The summed E-state index contributed by atoms with van der Waals surface area (Å²) in [4.78, 5) is 12.5. The van der Waals surface area contributed by atoms with Gasteiger partial charge < -0.3 is 10.1 Å². The molecule has 0 saturated heterocycles. The Kier molecular flexibility index (Phi) is 7.05. The minimum Gasteiger partial charge on any atom is -0.480 e. The standard InChI is InChI=1S/C22H29NO2/c1-5-20(25-21-14-11-16(2)15-17(21)3)22(24)23-18(4)12-13-19-9-7-6-8-10-19/h6-11,14-15,18,20H,5,12-13H2,1-4H3,(H,23,24)/t18-,20-/m0/s1. The van der Waals surface area contributed by atoms with Crippen molar-refractivity contribution in [1.29, 1.82) is 0 Å². The number of carbonyl (C=O) groups excluding carboxylic acids is 1. The van der Waals surface area contributed by atoms with E-state index in [9.17, 15) is 4.79 Å². The summed E-state index contributed by atoms with van der Waals surface area (Å²) in [6, 6.07) is 16.5.